The van der Waals surface area contributed by atoms with E-state index in [0.29, 0.717) is 0 Å². The maximum atomic E-state index is 5.29. The molecule has 4 rings (SSSR count). The molecular weight excluding hydrogens is 324 g/mol. The van der Waals surface area contributed by atoms with Gasteiger partial charge in [0, 0.05) is 17.3 Å². The Bertz CT molecular complexity index is 982. The Morgan fingerprint density at radius 3 is 2.42 bits per heavy atom. The van der Waals surface area contributed by atoms with Gasteiger partial charge in [0.1, 0.15) is 5.76 Å². The highest BCUT2D eigenvalue weighted by Gasteiger charge is 2.16. The highest BCUT2D eigenvalue weighted by atomic mass is 16.5. The summed E-state index contributed by atoms with van der Waals surface area (Å²) in [5.74, 6) is 0.802. The standard InChI is InChI=1S/C19H18N4O.C2H6/c1-12-18(14(3)24-22-12)16-9-17-19(20-10-16)21-11-23(17)13(2)15-7-5-4-6-8-15;1-2/h4-11,13H,1-3H3;1-2H3/t13-;/m1./s1. The molecule has 0 aliphatic heterocycles. The predicted octanol–water partition coefficient (Wildman–Crippen LogP) is 5.34. The Morgan fingerprint density at radius 1 is 1.04 bits per heavy atom. The van der Waals surface area contributed by atoms with Crippen LogP contribution in [0.4, 0.5) is 0 Å². The van der Waals surface area contributed by atoms with Crippen LogP contribution in [0, 0.1) is 13.8 Å². The molecule has 3 heterocycles. The van der Waals surface area contributed by atoms with Gasteiger partial charge in [-0.1, -0.05) is 49.3 Å². The first-order valence-corrected chi connectivity index (χ1v) is 8.96. The SMILES string of the molecule is CC.Cc1noc(C)c1-c1cnc2ncn([C@H](C)c3ccccc3)c2c1. The van der Waals surface area contributed by atoms with Crippen molar-refractivity contribution in [1.29, 1.82) is 0 Å². The number of rotatable bonds is 3. The zero-order valence-corrected chi connectivity index (χ0v) is 15.9. The third kappa shape index (κ3) is 3.12. The molecule has 0 spiro atoms. The normalized spacial score (nSPS) is 11.9. The van der Waals surface area contributed by atoms with E-state index in [1.165, 1.54) is 5.56 Å². The van der Waals surface area contributed by atoms with Crippen LogP contribution in [0.1, 0.15) is 43.8 Å². The molecule has 0 N–H and O–H groups in total. The van der Waals surface area contributed by atoms with Gasteiger partial charge in [-0.25, -0.2) is 9.97 Å². The Kier molecular flexibility index (Phi) is 5.16. The van der Waals surface area contributed by atoms with E-state index in [4.69, 9.17) is 4.52 Å². The van der Waals surface area contributed by atoms with Crippen LogP contribution in [0.25, 0.3) is 22.3 Å². The highest BCUT2D eigenvalue weighted by molar-refractivity contribution is 5.79. The maximum Gasteiger partial charge on any atom is 0.177 e. The van der Waals surface area contributed by atoms with Gasteiger partial charge in [-0.3, -0.25) is 0 Å². The summed E-state index contributed by atoms with van der Waals surface area (Å²) in [4.78, 5) is 8.96. The molecule has 0 saturated carbocycles. The van der Waals surface area contributed by atoms with E-state index >= 15 is 0 Å². The number of aromatic nitrogens is 4. The first-order valence-electron chi connectivity index (χ1n) is 8.96. The number of nitrogens with zero attached hydrogens (tertiary/aromatic N) is 4. The molecule has 4 aromatic rings. The first-order chi connectivity index (χ1) is 12.6. The van der Waals surface area contributed by atoms with Gasteiger partial charge in [0.25, 0.3) is 0 Å². The first kappa shape index (κ1) is 17.9. The van der Waals surface area contributed by atoms with Gasteiger partial charge in [0.2, 0.25) is 0 Å². The number of hydrogen-bond acceptors (Lipinski definition) is 4. The van der Waals surface area contributed by atoms with Crippen LogP contribution in [0.15, 0.2) is 53.4 Å². The van der Waals surface area contributed by atoms with Gasteiger partial charge in [0.05, 0.1) is 23.6 Å². The van der Waals surface area contributed by atoms with Crippen molar-refractivity contribution >= 4 is 11.2 Å². The molecular formula is C21H24N4O. The lowest BCUT2D eigenvalue weighted by Crippen LogP contribution is -2.05. The predicted molar refractivity (Wildman–Crippen MR) is 104 cm³/mol. The molecule has 0 bridgehead atoms. The van der Waals surface area contributed by atoms with E-state index in [0.717, 1.165) is 33.7 Å². The zero-order valence-electron chi connectivity index (χ0n) is 15.9. The fourth-order valence-electron chi connectivity index (χ4n) is 3.15. The fourth-order valence-corrected chi connectivity index (χ4v) is 3.15. The van der Waals surface area contributed by atoms with Crippen molar-refractivity contribution in [2.75, 3.05) is 0 Å². The smallest absolute Gasteiger partial charge is 0.177 e. The van der Waals surface area contributed by atoms with Crippen molar-refractivity contribution in [1.82, 2.24) is 19.7 Å². The zero-order chi connectivity index (χ0) is 18.7. The van der Waals surface area contributed by atoms with Gasteiger partial charge in [0.15, 0.2) is 5.65 Å². The number of aryl methyl sites for hydroxylation is 2. The molecule has 5 heteroatoms. The van der Waals surface area contributed by atoms with Crippen LogP contribution >= 0.6 is 0 Å². The van der Waals surface area contributed by atoms with Gasteiger partial charge >= 0.3 is 0 Å². The van der Waals surface area contributed by atoms with Crippen LogP contribution in [-0.2, 0) is 0 Å². The van der Waals surface area contributed by atoms with E-state index in [-0.39, 0.29) is 6.04 Å². The van der Waals surface area contributed by atoms with Gasteiger partial charge in [-0.15, -0.1) is 0 Å². The summed E-state index contributed by atoms with van der Waals surface area (Å²) in [5.41, 5.74) is 5.86. The van der Waals surface area contributed by atoms with Crippen molar-refractivity contribution in [3.05, 3.63) is 65.9 Å². The Balaban J connectivity index is 0.000000948. The lowest BCUT2D eigenvalue weighted by molar-refractivity contribution is 0.393. The van der Waals surface area contributed by atoms with Crippen LogP contribution in [0.3, 0.4) is 0 Å². The van der Waals surface area contributed by atoms with Crippen LogP contribution < -0.4 is 0 Å². The van der Waals surface area contributed by atoms with Crippen molar-refractivity contribution in [2.45, 2.75) is 40.7 Å². The molecule has 5 nitrogen and oxygen atoms in total. The maximum absolute atomic E-state index is 5.29. The summed E-state index contributed by atoms with van der Waals surface area (Å²) in [5, 5.41) is 4.04. The van der Waals surface area contributed by atoms with Crippen molar-refractivity contribution in [3.63, 3.8) is 0 Å². The average Bonchev–Trinajstić information content (AvgIpc) is 3.26. The average molecular weight is 348 g/mol. The minimum absolute atomic E-state index is 0.179. The molecule has 134 valence electrons. The molecule has 26 heavy (non-hydrogen) atoms. The quantitative estimate of drug-likeness (QED) is 0.501. The van der Waals surface area contributed by atoms with E-state index < -0.39 is 0 Å². The van der Waals surface area contributed by atoms with Crippen LogP contribution in [0.2, 0.25) is 0 Å². The number of fused-ring (bicyclic) bond motifs is 1. The molecule has 1 aromatic carbocycles. The number of hydrogen-bond donors (Lipinski definition) is 0. The Hall–Kier alpha value is -2.95. The molecule has 0 aliphatic carbocycles. The molecule has 0 fully saturated rings. The van der Waals surface area contributed by atoms with E-state index in [1.807, 2.05) is 46.3 Å². The molecule has 0 saturated heterocycles. The molecule has 0 unspecified atom stereocenters. The lowest BCUT2D eigenvalue weighted by atomic mass is 10.1. The van der Waals surface area contributed by atoms with Crippen LogP contribution in [0.5, 0.6) is 0 Å². The summed E-state index contributed by atoms with van der Waals surface area (Å²) in [6, 6.07) is 12.7. The van der Waals surface area contributed by atoms with Gasteiger partial charge < -0.3 is 9.09 Å². The van der Waals surface area contributed by atoms with E-state index in [2.05, 4.69) is 56.9 Å². The summed E-state index contributed by atoms with van der Waals surface area (Å²) in [7, 11) is 0. The fraction of sp³-hybridized carbons (Fsp3) is 0.286. The third-order valence-electron chi connectivity index (χ3n) is 4.45. The largest absolute Gasteiger partial charge is 0.361 e. The second-order valence-electron chi connectivity index (χ2n) is 6.00. The van der Waals surface area contributed by atoms with Crippen molar-refractivity contribution in [3.8, 4) is 11.1 Å². The summed E-state index contributed by atoms with van der Waals surface area (Å²) in [6.07, 6.45) is 3.69. The number of imidazole rings is 1. The monoisotopic (exact) mass is 348 g/mol. The summed E-state index contributed by atoms with van der Waals surface area (Å²) >= 11 is 0. The highest BCUT2D eigenvalue weighted by Crippen LogP contribution is 2.30. The second-order valence-corrected chi connectivity index (χ2v) is 6.00. The number of pyridine rings is 1. The molecule has 0 aliphatic rings. The molecule has 1 atom stereocenters. The minimum atomic E-state index is 0.179. The summed E-state index contributed by atoms with van der Waals surface area (Å²) in [6.45, 7) is 10.0. The Morgan fingerprint density at radius 2 is 1.77 bits per heavy atom. The minimum Gasteiger partial charge on any atom is -0.361 e. The van der Waals surface area contributed by atoms with Crippen molar-refractivity contribution in [2.24, 2.45) is 0 Å². The lowest BCUT2D eigenvalue weighted by Gasteiger charge is -2.15. The van der Waals surface area contributed by atoms with Gasteiger partial charge in [-0.05, 0) is 32.4 Å². The van der Waals surface area contributed by atoms with Gasteiger partial charge in [-0.2, -0.15) is 0 Å². The topological polar surface area (TPSA) is 56.7 Å². The Labute approximate surface area is 153 Å². The van der Waals surface area contributed by atoms with E-state index in [9.17, 15) is 0 Å². The number of benzene rings is 1. The second kappa shape index (κ2) is 7.52. The summed E-state index contributed by atoms with van der Waals surface area (Å²) < 4.78 is 7.44. The van der Waals surface area contributed by atoms with Crippen molar-refractivity contribution < 1.29 is 4.52 Å². The molecule has 0 amide bonds. The molecule has 3 aromatic heterocycles. The third-order valence-corrected chi connectivity index (χ3v) is 4.45. The molecule has 0 radical (unpaired) electrons. The van der Waals surface area contributed by atoms with Crippen LogP contribution in [-0.4, -0.2) is 19.7 Å². The van der Waals surface area contributed by atoms with E-state index in [1.54, 1.807) is 0 Å².